The Morgan fingerprint density at radius 1 is 1.07 bits per heavy atom. The Morgan fingerprint density at radius 3 is 2.36 bits per heavy atom. The minimum Gasteiger partial charge on any atom is -0.368 e. The van der Waals surface area contributed by atoms with E-state index in [9.17, 15) is 0 Å². The number of rotatable bonds is 1. The molecule has 14 heavy (non-hydrogen) atoms. The lowest BCUT2D eigenvalue weighted by Crippen LogP contribution is -2.43. The number of aliphatic hydroxyl groups is 1. The van der Waals surface area contributed by atoms with E-state index in [1.54, 1.807) is 0 Å². The minimum absolute atomic E-state index is 0.0995. The van der Waals surface area contributed by atoms with E-state index in [1.165, 1.54) is 0 Å². The maximum atomic E-state index is 9.05. The summed E-state index contributed by atoms with van der Waals surface area (Å²) in [5, 5.41) is 9.05. The van der Waals surface area contributed by atoms with E-state index in [4.69, 9.17) is 24.1 Å². The van der Waals surface area contributed by atoms with Crippen LogP contribution in [0.2, 0.25) is 0 Å². The molecule has 0 aromatic rings. The largest absolute Gasteiger partial charge is 0.368 e. The van der Waals surface area contributed by atoms with Crippen molar-refractivity contribution in [3.05, 3.63) is 0 Å². The SMILES string of the molecule is CC1(C)OC[C@@H]([C@@H]2COC(O)CO2)O1. The average molecular weight is 204 g/mol. The van der Waals surface area contributed by atoms with Crippen LogP contribution in [0, 0.1) is 0 Å². The summed E-state index contributed by atoms with van der Waals surface area (Å²) in [5.41, 5.74) is 0. The molecule has 2 aliphatic rings. The van der Waals surface area contributed by atoms with Gasteiger partial charge < -0.3 is 24.1 Å². The number of hydrogen-bond donors (Lipinski definition) is 1. The summed E-state index contributed by atoms with van der Waals surface area (Å²) in [7, 11) is 0. The maximum absolute atomic E-state index is 9.05. The van der Waals surface area contributed by atoms with Gasteiger partial charge in [-0.15, -0.1) is 0 Å². The van der Waals surface area contributed by atoms with E-state index in [2.05, 4.69) is 0 Å². The molecule has 1 unspecified atom stereocenters. The summed E-state index contributed by atoms with van der Waals surface area (Å²) in [6.45, 7) is 4.80. The molecule has 1 N–H and O–H groups in total. The Kier molecular flexibility index (Phi) is 2.77. The van der Waals surface area contributed by atoms with Gasteiger partial charge in [0.2, 0.25) is 0 Å². The molecular formula is C9H16O5. The first-order valence-corrected chi connectivity index (χ1v) is 4.80. The standard InChI is InChI=1S/C9H16O5/c1-9(2)13-4-7(14-9)6-3-12-8(10)5-11-6/h6-8,10H,3-5H2,1-2H3/t6-,7-,8?/m0/s1. The molecule has 0 aromatic carbocycles. The predicted molar refractivity (Wildman–Crippen MR) is 46.6 cm³/mol. The topological polar surface area (TPSA) is 57.2 Å². The molecule has 2 fully saturated rings. The average Bonchev–Trinajstić information content (AvgIpc) is 2.47. The molecule has 0 spiro atoms. The monoisotopic (exact) mass is 204 g/mol. The van der Waals surface area contributed by atoms with Crippen molar-refractivity contribution in [3.8, 4) is 0 Å². The highest BCUT2D eigenvalue weighted by Crippen LogP contribution is 2.26. The molecule has 5 nitrogen and oxygen atoms in total. The van der Waals surface area contributed by atoms with Crippen LogP contribution in [-0.2, 0) is 18.9 Å². The second kappa shape index (κ2) is 3.75. The van der Waals surface area contributed by atoms with Gasteiger partial charge in [-0.3, -0.25) is 0 Å². The van der Waals surface area contributed by atoms with Gasteiger partial charge in [0.15, 0.2) is 12.1 Å². The Morgan fingerprint density at radius 2 is 1.86 bits per heavy atom. The Balaban J connectivity index is 1.85. The van der Waals surface area contributed by atoms with Crippen LogP contribution in [0.25, 0.3) is 0 Å². The minimum atomic E-state index is -0.804. The van der Waals surface area contributed by atoms with Crippen LogP contribution in [0.3, 0.4) is 0 Å². The molecular weight excluding hydrogens is 188 g/mol. The molecule has 0 aromatic heterocycles. The van der Waals surface area contributed by atoms with Crippen LogP contribution in [0.4, 0.5) is 0 Å². The number of aliphatic hydroxyl groups excluding tert-OH is 1. The summed E-state index contributed by atoms with van der Waals surface area (Å²) in [6.07, 6.45) is -1.04. The van der Waals surface area contributed by atoms with Crippen molar-refractivity contribution in [2.75, 3.05) is 19.8 Å². The van der Waals surface area contributed by atoms with Gasteiger partial charge in [-0.25, -0.2) is 0 Å². The maximum Gasteiger partial charge on any atom is 0.178 e. The van der Waals surface area contributed by atoms with Crippen molar-refractivity contribution < 1.29 is 24.1 Å². The van der Waals surface area contributed by atoms with E-state index >= 15 is 0 Å². The smallest absolute Gasteiger partial charge is 0.178 e. The third-order valence-corrected chi connectivity index (χ3v) is 2.35. The molecule has 5 heteroatoms. The number of ether oxygens (including phenoxy) is 4. The van der Waals surface area contributed by atoms with Gasteiger partial charge in [-0.2, -0.15) is 0 Å². The Labute approximate surface area is 82.9 Å². The van der Waals surface area contributed by atoms with Crippen LogP contribution in [-0.4, -0.2) is 49.2 Å². The van der Waals surface area contributed by atoms with Crippen molar-refractivity contribution in [1.29, 1.82) is 0 Å². The zero-order valence-corrected chi connectivity index (χ0v) is 8.43. The van der Waals surface area contributed by atoms with Crippen molar-refractivity contribution in [2.24, 2.45) is 0 Å². The molecule has 0 radical (unpaired) electrons. The lowest BCUT2D eigenvalue weighted by Gasteiger charge is -2.30. The molecule has 2 heterocycles. The normalized spacial score (nSPS) is 42.6. The molecule has 0 aliphatic carbocycles. The highest BCUT2D eigenvalue weighted by Gasteiger charge is 2.39. The highest BCUT2D eigenvalue weighted by atomic mass is 16.8. The second-order valence-corrected chi connectivity index (χ2v) is 4.03. The fraction of sp³-hybridized carbons (Fsp3) is 1.00. The van der Waals surface area contributed by atoms with Crippen LogP contribution < -0.4 is 0 Å². The van der Waals surface area contributed by atoms with E-state index in [0.717, 1.165) is 0 Å². The van der Waals surface area contributed by atoms with E-state index < -0.39 is 12.1 Å². The zero-order valence-electron chi connectivity index (χ0n) is 8.43. The summed E-state index contributed by atoms with van der Waals surface area (Å²) in [4.78, 5) is 0. The van der Waals surface area contributed by atoms with Crippen molar-refractivity contribution >= 4 is 0 Å². The molecule has 2 rings (SSSR count). The van der Waals surface area contributed by atoms with Crippen LogP contribution in [0.5, 0.6) is 0 Å². The third-order valence-electron chi connectivity index (χ3n) is 2.35. The van der Waals surface area contributed by atoms with Gasteiger partial charge >= 0.3 is 0 Å². The fourth-order valence-corrected chi connectivity index (χ4v) is 1.62. The first-order chi connectivity index (χ1) is 6.57. The van der Waals surface area contributed by atoms with Gasteiger partial charge in [-0.1, -0.05) is 0 Å². The van der Waals surface area contributed by atoms with Crippen LogP contribution in [0.15, 0.2) is 0 Å². The van der Waals surface area contributed by atoms with E-state index in [0.29, 0.717) is 13.2 Å². The van der Waals surface area contributed by atoms with Crippen molar-refractivity contribution in [3.63, 3.8) is 0 Å². The molecule has 3 atom stereocenters. The van der Waals surface area contributed by atoms with Crippen LogP contribution >= 0.6 is 0 Å². The zero-order chi connectivity index (χ0) is 10.2. The van der Waals surface area contributed by atoms with Gasteiger partial charge in [0.25, 0.3) is 0 Å². The lowest BCUT2D eigenvalue weighted by molar-refractivity contribution is -0.238. The quantitative estimate of drug-likeness (QED) is 0.645. The Bertz CT molecular complexity index is 197. The third kappa shape index (κ3) is 2.24. The summed E-state index contributed by atoms with van der Waals surface area (Å²) in [6, 6.07) is 0. The highest BCUT2D eigenvalue weighted by molar-refractivity contribution is 4.80. The molecule has 2 aliphatic heterocycles. The molecule has 82 valence electrons. The van der Waals surface area contributed by atoms with E-state index in [-0.39, 0.29) is 18.8 Å². The molecule has 2 saturated heterocycles. The van der Waals surface area contributed by atoms with Gasteiger partial charge in [-0.05, 0) is 13.8 Å². The van der Waals surface area contributed by atoms with Crippen molar-refractivity contribution in [2.45, 2.75) is 38.1 Å². The summed E-state index contributed by atoms with van der Waals surface area (Å²) >= 11 is 0. The fourth-order valence-electron chi connectivity index (χ4n) is 1.62. The summed E-state index contributed by atoms with van der Waals surface area (Å²) < 4.78 is 21.5. The molecule has 0 amide bonds. The van der Waals surface area contributed by atoms with Gasteiger partial charge in [0, 0.05) is 0 Å². The van der Waals surface area contributed by atoms with Crippen molar-refractivity contribution in [1.82, 2.24) is 0 Å². The molecule has 0 bridgehead atoms. The summed E-state index contributed by atoms with van der Waals surface area (Å²) in [5.74, 6) is -0.538. The first kappa shape index (κ1) is 10.3. The predicted octanol–water partition coefficient (Wildman–Crippen LogP) is -0.128. The number of hydrogen-bond acceptors (Lipinski definition) is 5. The second-order valence-electron chi connectivity index (χ2n) is 4.03. The van der Waals surface area contributed by atoms with Gasteiger partial charge in [0.05, 0.1) is 19.8 Å². The molecule has 0 saturated carbocycles. The first-order valence-electron chi connectivity index (χ1n) is 4.80. The van der Waals surface area contributed by atoms with Crippen LogP contribution in [0.1, 0.15) is 13.8 Å². The van der Waals surface area contributed by atoms with E-state index in [1.807, 2.05) is 13.8 Å². The Hall–Kier alpha value is -0.200. The van der Waals surface area contributed by atoms with Gasteiger partial charge in [0.1, 0.15) is 12.2 Å². The lowest BCUT2D eigenvalue weighted by atomic mass is 10.2.